The lowest BCUT2D eigenvalue weighted by molar-refractivity contribution is 0.468. The Morgan fingerprint density at radius 1 is 1.19 bits per heavy atom. The van der Waals surface area contributed by atoms with Gasteiger partial charge in [-0.25, -0.2) is 4.98 Å². The zero-order chi connectivity index (χ0) is 18.8. The predicted octanol–water partition coefficient (Wildman–Crippen LogP) is 5.22. The maximum atomic E-state index is 12.9. The molecular weight excluding hydrogens is 530 g/mol. The highest BCUT2D eigenvalue weighted by Gasteiger charge is 2.11. The Labute approximate surface area is 175 Å². The minimum atomic E-state index is -0.215. The van der Waals surface area contributed by atoms with Gasteiger partial charge in [0, 0.05) is 10.9 Å². The largest absolute Gasteiger partial charge is 0.506 e. The Morgan fingerprint density at radius 3 is 2.54 bits per heavy atom. The van der Waals surface area contributed by atoms with E-state index in [1.807, 2.05) is 19.1 Å². The Kier molecular flexibility index (Phi) is 5.94. The van der Waals surface area contributed by atoms with Crippen molar-refractivity contribution >= 4 is 64.9 Å². The van der Waals surface area contributed by atoms with E-state index in [0.29, 0.717) is 32.1 Å². The topological polar surface area (TPSA) is 67.5 Å². The van der Waals surface area contributed by atoms with Crippen LogP contribution in [0.5, 0.6) is 5.75 Å². The van der Waals surface area contributed by atoms with E-state index in [-0.39, 0.29) is 11.3 Å². The molecule has 2 aromatic carbocycles. The number of rotatable bonds is 4. The van der Waals surface area contributed by atoms with Crippen molar-refractivity contribution in [2.24, 2.45) is 5.10 Å². The van der Waals surface area contributed by atoms with Gasteiger partial charge in [-0.2, -0.15) is 9.78 Å². The van der Waals surface area contributed by atoms with Crippen molar-refractivity contribution in [2.75, 3.05) is 0 Å². The van der Waals surface area contributed by atoms with Gasteiger partial charge in [-0.1, -0.05) is 22.9 Å². The van der Waals surface area contributed by atoms with Crippen LogP contribution in [-0.4, -0.2) is 21.0 Å². The minimum Gasteiger partial charge on any atom is -0.506 e. The van der Waals surface area contributed by atoms with Gasteiger partial charge in [0.1, 0.15) is 11.6 Å². The van der Waals surface area contributed by atoms with Crippen molar-refractivity contribution in [3.63, 3.8) is 0 Å². The molecule has 0 bridgehead atoms. The third-order valence-corrected chi connectivity index (χ3v) is 5.41. The van der Waals surface area contributed by atoms with Crippen LogP contribution >= 0.6 is 47.8 Å². The molecule has 3 aromatic rings. The van der Waals surface area contributed by atoms with Crippen LogP contribution in [0.3, 0.4) is 0 Å². The minimum absolute atomic E-state index is 0.114. The predicted molar refractivity (Wildman–Crippen MR) is 114 cm³/mol. The van der Waals surface area contributed by atoms with E-state index in [0.717, 1.165) is 16.5 Å². The van der Waals surface area contributed by atoms with Crippen LogP contribution in [0.25, 0.3) is 10.9 Å². The second-order valence-corrected chi connectivity index (χ2v) is 8.26. The van der Waals surface area contributed by atoms with Gasteiger partial charge in [-0.05, 0) is 74.2 Å². The van der Waals surface area contributed by atoms with E-state index in [1.165, 1.54) is 4.68 Å². The summed E-state index contributed by atoms with van der Waals surface area (Å²) in [5.41, 5.74) is 1.17. The Morgan fingerprint density at radius 2 is 1.88 bits per heavy atom. The molecule has 0 aliphatic rings. The van der Waals surface area contributed by atoms with E-state index in [4.69, 9.17) is 0 Å². The molecule has 1 aromatic heterocycles. The second-order valence-electron chi connectivity index (χ2n) is 5.63. The summed E-state index contributed by atoms with van der Waals surface area (Å²) in [7, 11) is 0. The van der Waals surface area contributed by atoms with Gasteiger partial charge in [0.05, 0.1) is 26.1 Å². The number of hydrogen-bond acceptors (Lipinski definition) is 4. The molecule has 0 aliphatic heterocycles. The number of hydrogen-bond donors (Lipinski definition) is 1. The Balaban J connectivity index is 2.15. The first kappa shape index (κ1) is 19.3. The molecule has 0 atom stereocenters. The number of nitrogens with zero attached hydrogens (tertiary/aromatic N) is 3. The third-order valence-electron chi connectivity index (χ3n) is 3.71. The highest BCUT2D eigenvalue weighted by Crippen LogP contribution is 2.32. The van der Waals surface area contributed by atoms with Crippen LogP contribution < -0.4 is 5.56 Å². The molecule has 0 saturated carbocycles. The summed E-state index contributed by atoms with van der Waals surface area (Å²) in [6.45, 7) is 2.03. The highest BCUT2D eigenvalue weighted by atomic mass is 79.9. The van der Waals surface area contributed by atoms with Gasteiger partial charge in [0.15, 0.2) is 0 Å². The molecular formula is C18H14Br3N3O2. The fourth-order valence-corrected chi connectivity index (χ4v) is 4.07. The summed E-state index contributed by atoms with van der Waals surface area (Å²) in [6.07, 6.45) is 3.06. The monoisotopic (exact) mass is 541 g/mol. The van der Waals surface area contributed by atoms with E-state index in [1.54, 1.807) is 24.4 Å². The van der Waals surface area contributed by atoms with Crippen molar-refractivity contribution in [3.05, 3.63) is 65.5 Å². The quantitative estimate of drug-likeness (QED) is 0.459. The summed E-state index contributed by atoms with van der Waals surface area (Å²) in [5, 5.41) is 14.7. The summed E-state index contributed by atoms with van der Waals surface area (Å²) in [6, 6.07) is 8.88. The normalized spacial score (nSPS) is 11.5. The first-order chi connectivity index (χ1) is 12.4. The smallest absolute Gasteiger partial charge is 0.282 e. The van der Waals surface area contributed by atoms with Gasteiger partial charge >= 0.3 is 0 Å². The lowest BCUT2D eigenvalue weighted by atomic mass is 10.2. The summed E-state index contributed by atoms with van der Waals surface area (Å²) in [4.78, 5) is 17.5. The molecule has 134 valence electrons. The Bertz CT molecular complexity index is 1050. The average Bonchev–Trinajstić information content (AvgIpc) is 2.60. The van der Waals surface area contributed by atoms with Gasteiger partial charge in [0.25, 0.3) is 5.56 Å². The fourth-order valence-electron chi connectivity index (χ4n) is 2.48. The molecule has 0 spiro atoms. The maximum absolute atomic E-state index is 12.9. The van der Waals surface area contributed by atoms with E-state index >= 15 is 0 Å². The van der Waals surface area contributed by atoms with Crippen LogP contribution in [0, 0.1) is 0 Å². The standard InChI is InChI=1S/C18H14Br3N3O2/c1-2-3-16-23-15-5-4-11(19)8-12(15)18(26)24(16)22-9-10-6-13(20)17(25)14(21)7-10/h4-9,25H,2-3H2,1H3. The van der Waals surface area contributed by atoms with E-state index < -0.39 is 0 Å². The average molecular weight is 544 g/mol. The maximum Gasteiger partial charge on any atom is 0.282 e. The zero-order valence-electron chi connectivity index (χ0n) is 13.7. The van der Waals surface area contributed by atoms with Crippen molar-refractivity contribution in [2.45, 2.75) is 19.8 Å². The van der Waals surface area contributed by atoms with Crippen molar-refractivity contribution in [3.8, 4) is 5.75 Å². The molecule has 5 nitrogen and oxygen atoms in total. The fraction of sp³-hybridized carbons (Fsp3) is 0.167. The number of aromatic nitrogens is 2. The van der Waals surface area contributed by atoms with Gasteiger partial charge in [-0.15, -0.1) is 0 Å². The first-order valence-electron chi connectivity index (χ1n) is 7.84. The van der Waals surface area contributed by atoms with Crippen LogP contribution in [0.15, 0.2) is 53.6 Å². The molecule has 0 unspecified atom stereocenters. The summed E-state index contributed by atoms with van der Waals surface area (Å²) < 4.78 is 3.23. The number of aryl methyl sites for hydroxylation is 1. The van der Waals surface area contributed by atoms with Gasteiger partial charge in [0.2, 0.25) is 0 Å². The zero-order valence-corrected chi connectivity index (χ0v) is 18.5. The third kappa shape index (κ3) is 3.92. The number of benzene rings is 2. The number of halogens is 3. The van der Waals surface area contributed by atoms with E-state index in [9.17, 15) is 9.90 Å². The number of aromatic hydroxyl groups is 1. The number of phenols is 1. The molecule has 1 heterocycles. The van der Waals surface area contributed by atoms with E-state index in [2.05, 4.69) is 57.9 Å². The summed E-state index contributed by atoms with van der Waals surface area (Å²) >= 11 is 9.97. The van der Waals surface area contributed by atoms with Crippen molar-refractivity contribution in [1.29, 1.82) is 0 Å². The van der Waals surface area contributed by atoms with Crippen LogP contribution in [0.4, 0.5) is 0 Å². The Hall–Kier alpha value is -1.51. The van der Waals surface area contributed by atoms with Crippen LogP contribution in [0.1, 0.15) is 24.7 Å². The molecule has 0 fully saturated rings. The van der Waals surface area contributed by atoms with Crippen LogP contribution in [0.2, 0.25) is 0 Å². The molecule has 0 amide bonds. The molecule has 8 heteroatoms. The lowest BCUT2D eigenvalue weighted by Gasteiger charge is -2.09. The highest BCUT2D eigenvalue weighted by molar-refractivity contribution is 9.11. The summed E-state index contributed by atoms with van der Waals surface area (Å²) in [5.74, 6) is 0.726. The second kappa shape index (κ2) is 8.02. The molecule has 0 aliphatic carbocycles. The molecule has 1 N–H and O–H groups in total. The molecule has 3 rings (SSSR count). The van der Waals surface area contributed by atoms with Crippen LogP contribution in [-0.2, 0) is 6.42 Å². The molecule has 0 radical (unpaired) electrons. The number of phenolic OH excluding ortho intramolecular Hbond substituents is 1. The van der Waals surface area contributed by atoms with Gasteiger partial charge in [-0.3, -0.25) is 4.79 Å². The van der Waals surface area contributed by atoms with Gasteiger partial charge < -0.3 is 5.11 Å². The lowest BCUT2D eigenvalue weighted by Crippen LogP contribution is -2.22. The number of fused-ring (bicyclic) bond motifs is 1. The SMILES string of the molecule is CCCc1nc2ccc(Br)cc2c(=O)n1N=Cc1cc(Br)c(O)c(Br)c1. The first-order valence-corrected chi connectivity index (χ1v) is 10.2. The molecule has 0 saturated heterocycles. The molecule has 26 heavy (non-hydrogen) atoms. The van der Waals surface area contributed by atoms with Crippen molar-refractivity contribution in [1.82, 2.24) is 9.66 Å². The van der Waals surface area contributed by atoms with Crippen molar-refractivity contribution < 1.29 is 5.11 Å².